The number of hydrogen-bond acceptors (Lipinski definition) is 8. The number of nitrogens with one attached hydrogen (secondary N) is 2. The molecule has 4 rings (SSSR count). The Morgan fingerprint density at radius 2 is 1.93 bits per heavy atom. The predicted octanol–water partition coefficient (Wildman–Crippen LogP) is 2.00. The zero-order valence-corrected chi connectivity index (χ0v) is 17.0. The van der Waals surface area contributed by atoms with Gasteiger partial charge in [0.05, 0.1) is 18.1 Å². The van der Waals surface area contributed by atoms with Gasteiger partial charge in [-0.05, 0) is 31.0 Å². The lowest BCUT2D eigenvalue weighted by Crippen LogP contribution is -2.43. The first-order chi connectivity index (χ1) is 14.1. The van der Waals surface area contributed by atoms with Crippen LogP contribution in [0, 0.1) is 0 Å². The minimum Gasteiger partial charge on any atom is -0.365 e. The van der Waals surface area contributed by atoms with Gasteiger partial charge < -0.3 is 22.1 Å². The molecular formula is C19H24ClN9O. The molecule has 1 fully saturated rings. The van der Waals surface area contributed by atoms with Gasteiger partial charge in [-0.25, -0.2) is 4.98 Å². The van der Waals surface area contributed by atoms with Crippen LogP contribution in [0.5, 0.6) is 0 Å². The van der Waals surface area contributed by atoms with E-state index in [1.165, 1.54) is 11.0 Å². The van der Waals surface area contributed by atoms with Gasteiger partial charge in [-0.2, -0.15) is 20.0 Å². The number of benzene rings is 1. The third-order valence-corrected chi connectivity index (χ3v) is 4.95. The summed E-state index contributed by atoms with van der Waals surface area (Å²) in [7, 11) is 0. The molecule has 2 aromatic heterocycles. The second-order valence-electron chi connectivity index (χ2n) is 7.01. The van der Waals surface area contributed by atoms with Crippen molar-refractivity contribution in [3.63, 3.8) is 0 Å². The van der Waals surface area contributed by atoms with Gasteiger partial charge in [-0.3, -0.25) is 4.79 Å². The van der Waals surface area contributed by atoms with Gasteiger partial charge in [0.25, 0.3) is 5.91 Å². The molecule has 10 nitrogen and oxygen atoms in total. The van der Waals surface area contributed by atoms with Gasteiger partial charge >= 0.3 is 0 Å². The molecule has 30 heavy (non-hydrogen) atoms. The highest BCUT2D eigenvalue weighted by molar-refractivity contribution is 5.98. The molecule has 0 aliphatic heterocycles. The second kappa shape index (κ2) is 9.51. The first-order valence-electron chi connectivity index (χ1n) is 9.53. The van der Waals surface area contributed by atoms with Crippen molar-refractivity contribution in [1.82, 2.24) is 25.0 Å². The zero-order chi connectivity index (χ0) is 20.2. The Hall–Kier alpha value is -3.24. The van der Waals surface area contributed by atoms with Crippen molar-refractivity contribution in [2.24, 2.45) is 11.5 Å². The zero-order valence-electron chi connectivity index (χ0n) is 16.2. The van der Waals surface area contributed by atoms with Gasteiger partial charge in [-0.15, -0.1) is 12.4 Å². The van der Waals surface area contributed by atoms with Crippen molar-refractivity contribution >= 4 is 35.8 Å². The largest absolute Gasteiger partial charge is 0.365 e. The van der Waals surface area contributed by atoms with Crippen molar-refractivity contribution in [2.45, 2.75) is 37.8 Å². The van der Waals surface area contributed by atoms with Crippen molar-refractivity contribution in [3.05, 3.63) is 48.4 Å². The van der Waals surface area contributed by atoms with Crippen LogP contribution < -0.4 is 22.1 Å². The van der Waals surface area contributed by atoms with Crippen LogP contribution in [0.15, 0.2) is 42.9 Å². The highest BCUT2D eigenvalue weighted by atomic mass is 35.5. The Labute approximate surface area is 179 Å². The molecule has 3 aromatic rings. The van der Waals surface area contributed by atoms with E-state index < -0.39 is 5.91 Å². The first-order valence-corrected chi connectivity index (χ1v) is 9.53. The molecule has 2 unspecified atom stereocenters. The molecule has 11 heteroatoms. The SMILES string of the molecule is Cl.NC(=O)c1cnc(NC2CCCCC2N)nc1Nc1cccc(-n2nccn2)c1. The van der Waals surface area contributed by atoms with E-state index in [2.05, 4.69) is 30.8 Å². The number of aromatic nitrogens is 5. The molecule has 1 amide bonds. The van der Waals surface area contributed by atoms with Crippen LogP contribution in [0.2, 0.25) is 0 Å². The number of nitrogens with two attached hydrogens (primary N) is 2. The average Bonchev–Trinajstić information content (AvgIpc) is 3.25. The van der Waals surface area contributed by atoms with Gasteiger partial charge in [0.1, 0.15) is 11.4 Å². The molecule has 1 aliphatic carbocycles. The fourth-order valence-electron chi connectivity index (χ4n) is 3.43. The van der Waals surface area contributed by atoms with Crippen LogP contribution in [0.1, 0.15) is 36.0 Å². The highest BCUT2D eigenvalue weighted by Gasteiger charge is 2.23. The summed E-state index contributed by atoms with van der Waals surface area (Å²) < 4.78 is 0. The van der Waals surface area contributed by atoms with Crippen molar-refractivity contribution in [3.8, 4) is 5.69 Å². The number of nitrogens with zero attached hydrogens (tertiary/aromatic N) is 5. The Morgan fingerprint density at radius 1 is 1.17 bits per heavy atom. The molecule has 1 saturated carbocycles. The number of anilines is 3. The maximum absolute atomic E-state index is 11.9. The Balaban J connectivity index is 0.00000256. The van der Waals surface area contributed by atoms with E-state index in [1.54, 1.807) is 12.4 Å². The van der Waals surface area contributed by atoms with E-state index in [1.807, 2.05) is 24.3 Å². The molecule has 2 atom stereocenters. The van der Waals surface area contributed by atoms with Crippen LogP contribution in [0.25, 0.3) is 5.69 Å². The summed E-state index contributed by atoms with van der Waals surface area (Å²) in [6.07, 6.45) is 8.81. The summed E-state index contributed by atoms with van der Waals surface area (Å²) in [6.45, 7) is 0. The topological polar surface area (TPSA) is 150 Å². The van der Waals surface area contributed by atoms with E-state index in [9.17, 15) is 4.79 Å². The summed E-state index contributed by atoms with van der Waals surface area (Å²) in [4.78, 5) is 22.1. The maximum Gasteiger partial charge on any atom is 0.254 e. The van der Waals surface area contributed by atoms with E-state index >= 15 is 0 Å². The van der Waals surface area contributed by atoms with Crippen LogP contribution >= 0.6 is 12.4 Å². The molecule has 1 aliphatic rings. The Kier molecular flexibility index (Phi) is 6.80. The molecule has 0 bridgehead atoms. The summed E-state index contributed by atoms with van der Waals surface area (Å²) in [5.74, 6) is 0.119. The summed E-state index contributed by atoms with van der Waals surface area (Å²) in [6, 6.07) is 7.58. The molecular weight excluding hydrogens is 406 g/mol. The lowest BCUT2D eigenvalue weighted by Gasteiger charge is -2.29. The quantitative estimate of drug-likeness (QED) is 0.464. The van der Waals surface area contributed by atoms with Gasteiger partial charge in [0.15, 0.2) is 0 Å². The van der Waals surface area contributed by atoms with Gasteiger partial charge in [0.2, 0.25) is 5.95 Å². The number of primary amides is 1. The lowest BCUT2D eigenvalue weighted by molar-refractivity contribution is 0.100. The van der Waals surface area contributed by atoms with Crippen molar-refractivity contribution in [2.75, 3.05) is 10.6 Å². The van der Waals surface area contributed by atoms with Crippen LogP contribution in [0.3, 0.4) is 0 Å². The summed E-state index contributed by atoms with van der Waals surface area (Å²) in [5.41, 5.74) is 13.4. The number of carbonyl (C=O) groups excluding carboxylic acids is 1. The fourth-order valence-corrected chi connectivity index (χ4v) is 3.43. The third kappa shape index (κ3) is 4.84. The van der Waals surface area contributed by atoms with Crippen LogP contribution in [0.4, 0.5) is 17.5 Å². The van der Waals surface area contributed by atoms with E-state index in [0.29, 0.717) is 17.5 Å². The molecule has 1 aromatic carbocycles. The minimum atomic E-state index is -0.613. The predicted molar refractivity (Wildman–Crippen MR) is 116 cm³/mol. The van der Waals surface area contributed by atoms with E-state index in [0.717, 1.165) is 31.4 Å². The first kappa shape index (κ1) is 21.5. The molecule has 0 spiro atoms. The minimum absolute atomic E-state index is 0. The standard InChI is InChI=1S/C19H23N9O.ClH/c20-15-6-1-2-7-16(15)26-19-22-11-14(17(21)29)18(27-19)25-12-4-3-5-13(10-12)28-23-8-9-24-28;/h3-5,8-11,15-16H,1-2,6-7,20H2,(H2,21,29)(H2,22,25,26,27);1H. The average molecular weight is 430 g/mol. The molecule has 0 saturated heterocycles. The second-order valence-corrected chi connectivity index (χ2v) is 7.01. The molecule has 158 valence electrons. The normalized spacial score (nSPS) is 18.3. The number of halogens is 1. The number of rotatable bonds is 6. The molecule has 2 heterocycles. The maximum atomic E-state index is 11.9. The number of hydrogen-bond donors (Lipinski definition) is 4. The summed E-state index contributed by atoms with van der Waals surface area (Å²) in [5, 5.41) is 14.7. The molecule has 0 radical (unpaired) electrons. The monoisotopic (exact) mass is 429 g/mol. The smallest absolute Gasteiger partial charge is 0.254 e. The van der Waals surface area contributed by atoms with Crippen molar-refractivity contribution in [1.29, 1.82) is 0 Å². The van der Waals surface area contributed by atoms with Crippen LogP contribution in [-0.2, 0) is 0 Å². The van der Waals surface area contributed by atoms with Gasteiger partial charge in [0, 0.05) is 24.0 Å². The number of amides is 1. The third-order valence-electron chi connectivity index (χ3n) is 4.95. The highest BCUT2D eigenvalue weighted by Crippen LogP contribution is 2.24. The van der Waals surface area contributed by atoms with E-state index in [-0.39, 0.29) is 30.1 Å². The number of carbonyl (C=O) groups is 1. The van der Waals surface area contributed by atoms with Crippen LogP contribution in [-0.4, -0.2) is 43.0 Å². The Bertz CT molecular complexity index is 995. The lowest BCUT2D eigenvalue weighted by atomic mass is 9.91. The Morgan fingerprint density at radius 3 is 2.67 bits per heavy atom. The van der Waals surface area contributed by atoms with Crippen molar-refractivity contribution < 1.29 is 4.79 Å². The van der Waals surface area contributed by atoms with E-state index in [4.69, 9.17) is 11.5 Å². The summed E-state index contributed by atoms with van der Waals surface area (Å²) >= 11 is 0. The fraction of sp³-hybridized carbons (Fsp3) is 0.316. The van der Waals surface area contributed by atoms with Gasteiger partial charge in [-0.1, -0.05) is 18.9 Å². The molecule has 6 N–H and O–H groups in total.